The molecule has 0 radical (unpaired) electrons. The number of carbonyl (C=O) groups is 1. The van der Waals surface area contributed by atoms with Crippen molar-refractivity contribution in [2.45, 2.75) is 37.8 Å². The molecule has 98 valence electrons. The molecule has 1 aliphatic carbocycles. The zero-order valence-electron chi connectivity index (χ0n) is 9.96. The standard InChI is InChI=1S/C13H16FIN2O/c14-10-2-1-3-11(15)12(10)13(18)17-9-6-4-8(16)5-7-9/h1-3,8-9H,4-7,16H2,(H,17,18). The Kier molecular flexibility index (Phi) is 4.55. The van der Waals surface area contributed by atoms with Gasteiger partial charge in [0, 0.05) is 15.7 Å². The Morgan fingerprint density at radius 2 is 2.00 bits per heavy atom. The van der Waals surface area contributed by atoms with Crippen LogP contribution in [0.2, 0.25) is 0 Å². The maximum atomic E-state index is 13.6. The zero-order valence-corrected chi connectivity index (χ0v) is 12.1. The molecule has 0 unspecified atom stereocenters. The van der Waals surface area contributed by atoms with Crippen LogP contribution in [0.25, 0.3) is 0 Å². The minimum absolute atomic E-state index is 0.118. The Bertz CT molecular complexity index is 424. The second-order valence-electron chi connectivity index (χ2n) is 4.68. The third-order valence-electron chi connectivity index (χ3n) is 3.30. The molecule has 3 nitrogen and oxygen atoms in total. The number of benzene rings is 1. The summed E-state index contributed by atoms with van der Waals surface area (Å²) in [5.41, 5.74) is 5.96. The van der Waals surface area contributed by atoms with Crippen LogP contribution in [-0.2, 0) is 0 Å². The summed E-state index contributed by atoms with van der Waals surface area (Å²) in [6, 6.07) is 5.01. The highest BCUT2D eigenvalue weighted by Gasteiger charge is 2.22. The Morgan fingerprint density at radius 3 is 2.61 bits per heavy atom. The fourth-order valence-corrected chi connectivity index (χ4v) is 2.95. The van der Waals surface area contributed by atoms with Crippen LogP contribution in [0.1, 0.15) is 36.0 Å². The van der Waals surface area contributed by atoms with Crippen molar-refractivity contribution in [2.24, 2.45) is 5.73 Å². The van der Waals surface area contributed by atoms with E-state index in [1.165, 1.54) is 6.07 Å². The number of carbonyl (C=O) groups excluding carboxylic acids is 1. The van der Waals surface area contributed by atoms with Crippen LogP contribution in [0.5, 0.6) is 0 Å². The van der Waals surface area contributed by atoms with Crippen molar-refractivity contribution in [2.75, 3.05) is 0 Å². The molecule has 0 saturated heterocycles. The van der Waals surface area contributed by atoms with E-state index in [9.17, 15) is 9.18 Å². The zero-order chi connectivity index (χ0) is 13.1. The molecule has 1 saturated carbocycles. The summed E-state index contributed by atoms with van der Waals surface area (Å²) in [6.07, 6.45) is 3.58. The third-order valence-corrected chi connectivity index (χ3v) is 4.20. The molecule has 1 aromatic rings. The van der Waals surface area contributed by atoms with E-state index in [1.807, 2.05) is 22.6 Å². The number of amides is 1. The lowest BCUT2D eigenvalue weighted by molar-refractivity contribution is 0.0921. The molecule has 1 amide bonds. The number of nitrogens with one attached hydrogen (secondary N) is 1. The van der Waals surface area contributed by atoms with Gasteiger partial charge in [-0.1, -0.05) is 6.07 Å². The van der Waals surface area contributed by atoms with E-state index >= 15 is 0 Å². The van der Waals surface area contributed by atoms with Gasteiger partial charge in [-0.3, -0.25) is 4.79 Å². The van der Waals surface area contributed by atoms with Gasteiger partial charge in [0.05, 0.1) is 5.56 Å². The number of hydrogen-bond acceptors (Lipinski definition) is 2. The minimum atomic E-state index is -0.466. The fourth-order valence-electron chi connectivity index (χ4n) is 2.24. The molecule has 3 N–H and O–H groups in total. The molecule has 18 heavy (non-hydrogen) atoms. The Morgan fingerprint density at radius 1 is 1.33 bits per heavy atom. The molecule has 2 rings (SSSR count). The Labute approximate surface area is 119 Å². The summed E-state index contributed by atoms with van der Waals surface area (Å²) in [5, 5.41) is 2.90. The van der Waals surface area contributed by atoms with Crippen molar-refractivity contribution in [3.63, 3.8) is 0 Å². The molecule has 0 spiro atoms. The smallest absolute Gasteiger partial charge is 0.255 e. The van der Waals surface area contributed by atoms with Crippen LogP contribution in [0.15, 0.2) is 18.2 Å². The van der Waals surface area contributed by atoms with Crippen molar-refractivity contribution < 1.29 is 9.18 Å². The molecule has 5 heteroatoms. The Balaban J connectivity index is 2.04. The maximum absolute atomic E-state index is 13.6. The number of hydrogen-bond donors (Lipinski definition) is 2. The molecule has 0 aromatic heterocycles. The molecule has 0 atom stereocenters. The second kappa shape index (κ2) is 5.97. The van der Waals surface area contributed by atoms with E-state index in [4.69, 9.17) is 5.73 Å². The maximum Gasteiger partial charge on any atom is 0.255 e. The summed E-state index contributed by atoms with van der Waals surface area (Å²) in [7, 11) is 0. The van der Waals surface area contributed by atoms with E-state index in [1.54, 1.807) is 12.1 Å². The normalized spacial score (nSPS) is 23.7. The van der Waals surface area contributed by atoms with E-state index in [0.29, 0.717) is 3.57 Å². The number of halogens is 2. The monoisotopic (exact) mass is 362 g/mol. The molecular formula is C13H16FIN2O. The van der Waals surface area contributed by atoms with Gasteiger partial charge in [-0.15, -0.1) is 0 Å². The lowest BCUT2D eigenvalue weighted by atomic mass is 9.91. The molecular weight excluding hydrogens is 346 g/mol. The predicted molar refractivity (Wildman–Crippen MR) is 76.8 cm³/mol. The predicted octanol–water partition coefficient (Wildman–Crippen LogP) is 2.43. The van der Waals surface area contributed by atoms with E-state index < -0.39 is 5.82 Å². The summed E-state index contributed by atoms with van der Waals surface area (Å²) >= 11 is 1.98. The highest BCUT2D eigenvalue weighted by molar-refractivity contribution is 14.1. The molecule has 1 fully saturated rings. The average molecular weight is 362 g/mol. The van der Waals surface area contributed by atoms with Gasteiger partial charge in [-0.25, -0.2) is 4.39 Å². The summed E-state index contributed by atoms with van der Waals surface area (Å²) in [4.78, 5) is 12.0. The largest absolute Gasteiger partial charge is 0.349 e. The van der Waals surface area contributed by atoms with Crippen LogP contribution in [-0.4, -0.2) is 18.0 Å². The molecule has 0 aliphatic heterocycles. The SMILES string of the molecule is NC1CCC(NC(=O)c2c(F)cccc2I)CC1. The van der Waals surface area contributed by atoms with Gasteiger partial charge >= 0.3 is 0 Å². The average Bonchev–Trinajstić information content (AvgIpc) is 2.32. The van der Waals surface area contributed by atoms with Crippen molar-refractivity contribution in [1.29, 1.82) is 0 Å². The minimum Gasteiger partial charge on any atom is -0.349 e. The highest BCUT2D eigenvalue weighted by atomic mass is 127. The first-order valence-corrected chi connectivity index (χ1v) is 7.16. The van der Waals surface area contributed by atoms with E-state index in [0.717, 1.165) is 25.7 Å². The van der Waals surface area contributed by atoms with Gasteiger partial charge in [0.1, 0.15) is 5.82 Å². The third kappa shape index (κ3) is 3.20. The van der Waals surface area contributed by atoms with Gasteiger partial charge in [-0.2, -0.15) is 0 Å². The van der Waals surface area contributed by atoms with Gasteiger partial charge in [-0.05, 0) is 60.4 Å². The van der Waals surface area contributed by atoms with Crippen molar-refractivity contribution in [3.05, 3.63) is 33.1 Å². The van der Waals surface area contributed by atoms with Crippen LogP contribution >= 0.6 is 22.6 Å². The van der Waals surface area contributed by atoms with Crippen LogP contribution in [0, 0.1) is 9.39 Å². The second-order valence-corrected chi connectivity index (χ2v) is 5.84. The van der Waals surface area contributed by atoms with E-state index in [2.05, 4.69) is 5.32 Å². The van der Waals surface area contributed by atoms with Crippen LogP contribution < -0.4 is 11.1 Å². The number of rotatable bonds is 2. The highest BCUT2D eigenvalue weighted by Crippen LogP contribution is 2.19. The molecule has 0 bridgehead atoms. The lowest BCUT2D eigenvalue weighted by Gasteiger charge is -2.27. The first-order chi connectivity index (χ1) is 8.58. The Hall–Kier alpha value is -0.690. The van der Waals surface area contributed by atoms with Gasteiger partial charge in [0.15, 0.2) is 0 Å². The molecule has 1 aliphatic rings. The summed E-state index contributed by atoms with van der Waals surface area (Å²) < 4.78 is 14.3. The van der Waals surface area contributed by atoms with Crippen LogP contribution in [0.3, 0.4) is 0 Å². The van der Waals surface area contributed by atoms with Gasteiger partial charge in [0.25, 0.3) is 5.91 Å². The topological polar surface area (TPSA) is 55.1 Å². The molecule has 1 aromatic carbocycles. The fraction of sp³-hybridized carbons (Fsp3) is 0.462. The summed E-state index contributed by atoms with van der Waals surface area (Å²) in [6.45, 7) is 0. The summed E-state index contributed by atoms with van der Waals surface area (Å²) in [5.74, 6) is -0.787. The van der Waals surface area contributed by atoms with Crippen molar-refractivity contribution >= 4 is 28.5 Å². The van der Waals surface area contributed by atoms with Crippen molar-refractivity contribution in [3.8, 4) is 0 Å². The quantitative estimate of drug-likeness (QED) is 0.794. The van der Waals surface area contributed by atoms with Crippen LogP contribution in [0.4, 0.5) is 4.39 Å². The van der Waals surface area contributed by atoms with Gasteiger partial charge in [0.2, 0.25) is 0 Å². The van der Waals surface area contributed by atoms with Crippen molar-refractivity contribution in [1.82, 2.24) is 5.32 Å². The van der Waals surface area contributed by atoms with E-state index in [-0.39, 0.29) is 23.6 Å². The van der Waals surface area contributed by atoms with Gasteiger partial charge < -0.3 is 11.1 Å². The first-order valence-electron chi connectivity index (χ1n) is 6.08. The lowest BCUT2D eigenvalue weighted by Crippen LogP contribution is -2.40. The first kappa shape index (κ1) is 13.7. The molecule has 0 heterocycles. The number of nitrogens with two attached hydrogens (primary N) is 1.